The Labute approximate surface area is 678 Å². The summed E-state index contributed by atoms with van der Waals surface area (Å²) in [7, 11) is 0. The Morgan fingerprint density at radius 1 is 0.426 bits per heavy atom. The number of allylic oxidation sites excluding steroid dienone is 4. The Morgan fingerprint density at radius 3 is 1.57 bits per heavy atom. The molecule has 21 rings (SSSR count). The lowest BCUT2D eigenvalue weighted by atomic mass is 9.30. The molecule has 0 fully saturated rings. The fourth-order valence-electron chi connectivity index (χ4n) is 21.4. The molecule has 14 aromatic rings. The minimum Gasteiger partial charge on any atom is -0.468 e. The Kier molecular flexibility index (Phi) is 15.6. The number of anilines is 16. The molecule has 0 saturated carbocycles. The van der Waals surface area contributed by atoms with Gasteiger partial charge >= 0.3 is 0 Å². The van der Waals surface area contributed by atoms with E-state index in [1.165, 1.54) is 123 Å². The lowest BCUT2D eigenvalue weighted by Gasteiger charge is -2.46. The van der Waals surface area contributed by atoms with E-state index in [-0.39, 0.29) is 35.1 Å². The maximum atomic E-state index is 7.69. The van der Waals surface area contributed by atoms with E-state index in [9.17, 15) is 0 Å². The highest BCUT2D eigenvalue weighted by Crippen LogP contribution is 2.63. The van der Waals surface area contributed by atoms with Gasteiger partial charge in [0, 0.05) is 107 Å². The molecule has 0 bridgehead atoms. The first-order valence-electron chi connectivity index (χ1n) is 41.3. The van der Waals surface area contributed by atoms with Crippen LogP contribution in [-0.2, 0) is 27.1 Å². The number of furan rings is 1. The summed E-state index contributed by atoms with van der Waals surface area (Å²) < 4.78 is 7.69. The summed E-state index contributed by atoms with van der Waals surface area (Å²) in [6.45, 7) is 30.5. The van der Waals surface area contributed by atoms with E-state index in [1.807, 2.05) is 0 Å². The predicted octanol–water partition coefficient (Wildman–Crippen LogP) is 25.0. The summed E-state index contributed by atoms with van der Waals surface area (Å²) in [6, 6.07) is 111. The van der Waals surface area contributed by atoms with Crippen molar-refractivity contribution >= 4 is 149 Å². The molecule has 7 nitrogen and oxygen atoms in total. The second-order valence-corrected chi connectivity index (χ2v) is 35.8. The fourth-order valence-corrected chi connectivity index (χ4v) is 21.4. The van der Waals surface area contributed by atoms with Crippen LogP contribution in [0.2, 0.25) is 0 Å². The van der Waals surface area contributed by atoms with Gasteiger partial charge in [0.25, 0.3) is 6.71 Å². The second kappa shape index (κ2) is 25.5. The summed E-state index contributed by atoms with van der Waals surface area (Å²) in [5, 5.41) is 1.19. The average Bonchev–Trinajstić information content (AvgIpc) is 1.49. The van der Waals surface area contributed by atoms with Crippen LogP contribution in [-0.4, -0.2) is 13.4 Å². The van der Waals surface area contributed by atoms with E-state index in [0.717, 1.165) is 86.7 Å². The van der Waals surface area contributed by atoms with E-state index in [0.29, 0.717) is 0 Å². The molecular weight excluding hydrogens is 1390 g/mol. The molecule has 1 aromatic heterocycles. The second-order valence-electron chi connectivity index (χ2n) is 35.8. The number of hydrogen-bond donors (Lipinski definition) is 0. The molecule has 7 heterocycles. The van der Waals surface area contributed by atoms with Gasteiger partial charge in [0.15, 0.2) is 0 Å². The highest BCUT2D eigenvalue weighted by atomic mass is 16.3. The van der Waals surface area contributed by atoms with Crippen molar-refractivity contribution in [3.8, 4) is 0 Å². The molecule has 0 radical (unpaired) electrons. The van der Waals surface area contributed by atoms with E-state index in [2.05, 4.69) is 429 Å². The lowest BCUT2D eigenvalue weighted by Crippen LogP contribution is -2.61. The summed E-state index contributed by atoms with van der Waals surface area (Å²) in [4.78, 5) is 15.3. The van der Waals surface area contributed by atoms with Crippen LogP contribution in [0.1, 0.15) is 146 Å². The molecule has 0 spiro atoms. The number of hydrogen-bond acceptors (Lipinski definition) is 7. The van der Waals surface area contributed by atoms with Gasteiger partial charge in [0.1, 0.15) is 5.58 Å². The van der Waals surface area contributed by atoms with Crippen LogP contribution in [0.4, 0.5) is 91.0 Å². The van der Waals surface area contributed by atoms with Crippen molar-refractivity contribution in [3.05, 3.63) is 371 Å². The molecule has 0 N–H and O–H groups in total. The highest BCUT2D eigenvalue weighted by molar-refractivity contribution is 7.00. The Balaban J connectivity index is 0.698. The number of rotatable bonds is 13. The zero-order valence-corrected chi connectivity index (χ0v) is 68.1. The summed E-state index contributed by atoms with van der Waals surface area (Å²) in [5.41, 5.74) is 39.8. The molecule has 560 valence electrons. The van der Waals surface area contributed by atoms with Crippen LogP contribution in [0.3, 0.4) is 0 Å². The van der Waals surface area contributed by atoms with E-state index >= 15 is 0 Å². The van der Waals surface area contributed by atoms with Crippen molar-refractivity contribution in [2.75, 3.05) is 29.4 Å². The van der Waals surface area contributed by atoms with Crippen LogP contribution < -0.4 is 56.9 Å². The third-order valence-electron chi connectivity index (χ3n) is 27.0. The minimum absolute atomic E-state index is 0.0202. The average molecular weight is 1490 g/mol. The van der Waals surface area contributed by atoms with Crippen molar-refractivity contribution in [1.82, 2.24) is 0 Å². The van der Waals surface area contributed by atoms with Crippen molar-refractivity contribution in [2.24, 2.45) is 0 Å². The number of para-hydroxylation sites is 6. The first-order valence-corrected chi connectivity index (χ1v) is 41.3. The predicted molar refractivity (Wildman–Crippen MR) is 487 cm³/mol. The molecule has 0 amide bonds. The smallest absolute Gasteiger partial charge is 0.297 e. The highest BCUT2D eigenvalue weighted by Gasteiger charge is 2.57. The fraction of sp³-hybridized carbons (Fsp3) is 0.189. The quantitative estimate of drug-likeness (QED) is 0.0840. The summed E-state index contributed by atoms with van der Waals surface area (Å²) in [5.74, 6) is 0. The van der Waals surface area contributed by atoms with Crippen LogP contribution in [0.25, 0.3) is 16.7 Å². The molecule has 7 aliphatic rings. The molecule has 1 atom stereocenters. The number of benzene rings is 13. The summed E-state index contributed by atoms with van der Waals surface area (Å²) in [6.07, 6.45) is 8.34. The third kappa shape index (κ3) is 10.2. The maximum absolute atomic E-state index is 7.69. The zero-order chi connectivity index (χ0) is 78.5. The molecule has 0 saturated heterocycles. The lowest BCUT2D eigenvalue weighted by molar-refractivity contribution is 0.394. The van der Waals surface area contributed by atoms with Gasteiger partial charge in [-0.15, -0.1) is 0 Å². The van der Waals surface area contributed by atoms with Crippen molar-refractivity contribution in [2.45, 2.75) is 130 Å². The van der Waals surface area contributed by atoms with Gasteiger partial charge < -0.3 is 33.8 Å². The third-order valence-corrected chi connectivity index (χ3v) is 27.0. The van der Waals surface area contributed by atoms with Crippen molar-refractivity contribution < 1.29 is 4.42 Å². The molecule has 1 aliphatic carbocycles. The first-order chi connectivity index (χ1) is 55.7. The topological polar surface area (TPSA) is 32.6 Å². The van der Waals surface area contributed by atoms with E-state index < -0.39 is 5.41 Å². The molecular formula is C106H94B2N6O. The van der Waals surface area contributed by atoms with Gasteiger partial charge in [-0.3, -0.25) is 0 Å². The van der Waals surface area contributed by atoms with Crippen LogP contribution in [0.5, 0.6) is 0 Å². The van der Waals surface area contributed by atoms with Crippen LogP contribution >= 0.6 is 0 Å². The molecule has 9 heteroatoms. The largest absolute Gasteiger partial charge is 0.468 e. The van der Waals surface area contributed by atoms with Gasteiger partial charge in [-0.1, -0.05) is 257 Å². The number of fused-ring (bicyclic) bond motifs is 12. The normalized spacial score (nSPS) is 16.7. The van der Waals surface area contributed by atoms with Gasteiger partial charge in [-0.25, -0.2) is 0 Å². The maximum Gasteiger partial charge on any atom is 0.297 e. The van der Waals surface area contributed by atoms with E-state index in [4.69, 9.17) is 4.42 Å². The number of nitrogens with zero attached hydrogens (tertiary/aromatic N) is 6. The SMILES string of the molecule is C/C=C\C(=C/C)N(c1ccccc1)c1ccc2c(c1)N(c1ccc(C(C)(C)C)cc1)c1cc(C)cc3c1B2c1oc2cccc4c2c1N3c1ccccc1C4(C)CCC(C)(C)c1ccc(N2c3ccccc3B3C4=C5c6c(cccc6C(C)(C)c6ccccc6N5c5cc(N(c6ccccc6)c6ccccc6)cc2c53)C4(C)C)cc1. The number of aryl methyl sites for hydroxylation is 1. The minimum atomic E-state index is -0.460. The van der Waals surface area contributed by atoms with Gasteiger partial charge in [0.05, 0.1) is 28.4 Å². The molecule has 13 aromatic carbocycles. The van der Waals surface area contributed by atoms with Crippen molar-refractivity contribution in [1.29, 1.82) is 0 Å². The standard InChI is InChI=1S/C106H94B2N6O/c1-14-33-70(15-2)109(71-34-19-16-20-35-71)76-58-59-84-88(64-76)112(75-54-50-68(51-55-75)102(4,5)6)89-62-67(3)63-90-97(89)108(84)101-99-95-82(44-32-49-93(95)115-101)106(13,79-41-26-29-47-86(79)114(90)99)61-60-103(7,8)69-52-56-74(57-53-69)111-87-48-30-27-45-83(87)107-96-91(111)65-77(110(72-36-21-17-22-37-72)73-38-23-18-24-39-73)66-92(96)113-85-46-28-25-40-78(85)104(9,10)80-42-31-43-81-94(80)98(113)100(107)105(81,11)12/h14-59,62-66H,60-61H2,1-13H3/b33-14-,70-15+. The molecule has 115 heavy (non-hydrogen) atoms. The van der Waals surface area contributed by atoms with E-state index in [1.54, 1.807) is 0 Å². The van der Waals surface area contributed by atoms with Crippen LogP contribution in [0, 0.1) is 6.92 Å². The van der Waals surface area contributed by atoms with Crippen LogP contribution in [0.15, 0.2) is 325 Å². The molecule has 1 unspecified atom stereocenters. The monoisotopic (exact) mass is 1490 g/mol. The Morgan fingerprint density at radius 2 is 0.930 bits per heavy atom. The zero-order valence-electron chi connectivity index (χ0n) is 68.1. The summed E-state index contributed by atoms with van der Waals surface area (Å²) >= 11 is 0. The van der Waals surface area contributed by atoms with Crippen molar-refractivity contribution in [3.63, 3.8) is 0 Å². The Bertz CT molecular complexity index is 6420. The van der Waals surface area contributed by atoms with Gasteiger partial charge in [0.2, 0.25) is 6.71 Å². The Hall–Kier alpha value is -12.5. The first kappa shape index (κ1) is 70.4. The molecule has 6 aliphatic heterocycles. The van der Waals surface area contributed by atoms with Gasteiger partial charge in [-0.05, 0) is 238 Å². The van der Waals surface area contributed by atoms with Gasteiger partial charge in [-0.2, -0.15) is 0 Å².